The first-order valence-corrected chi connectivity index (χ1v) is 8.01. The molecule has 0 saturated heterocycles. The van der Waals surface area contributed by atoms with E-state index in [0.29, 0.717) is 0 Å². The second kappa shape index (κ2) is 7.76. The molecule has 5 nitrogen and oxygen atoms in total. The molecule has 1 heterocycles. The molecule has 0 unspecified atom stereocenters. The van der Waals surface area contributed by atoms with Crippen LogP contribution in [0.2, 0.25) is 5.02 Å². The number of aromatic amines is 1. The number of aliphatic hydroxyl groups is 1. The maximum atomic E-state index is 13.6. The Morgan fingerprint density at radius 2 is 2.22 bits per heavy atom. The standard InChI is InChI=1S/C14H14ClF2N3O2S/c1-7(5-21)18-12-10(15)13(22)20-14(19-12)23-6-8-3-2-4-9(16)11(8)17/h2-4,7,21H,5-6H2,1H3,(H2,18,19,20,22)/t7-/m1/s1. The van der Waals surface area contributed by atoms with Gasteiger partial charge in [-0.3, -0.25) is 4.79 Å². The number of hydrogen-bond donors (Lipinski definition) is 3. The van der Waals surface area contributed by atoms with E-state index in [1.807, 2.05) is 0 Å². The van der Waals surface area contributed by atoms with Crippen molar-refractivity contribution in [3.63, 3.8) is 0 Å². The third-order valence-corrected chi connectivity index (χ3v) is 4.17. The molecule has 1 aromatic carbocycles. The number of benzene rings is 1. The Hall–Kier alpha value is -1.64. The van der Waals surface area contributed by atoms with Crippen LogP contribution in [0.1, 0.15) is 12.5 Å². The Morgan fingerprint density at radius 3 is 2.91 bits per heavy atom. The normalized spacial score (nSPS) is 12.2. The fourth-order valence-corrected chi connectivity index (χ4v) is 2.67. The number of halogens is 3. The molecule has 0 amide bonds. The van der Waals surface area contributed by atoms with Crippen LogP contribution in [0.3, 0.4) is 0 Å². The summed E-state index contributed by atoms with van der Waals surface area (Å²) in [4.78, 5) is 18.4. The summed E-state index contributed by atoms with van der Waals surface area (Å²) in [7, 11) is 0. The van der Waals surface area contributed by atoms with E-state index in [4.69, 9.17) is 16.7 Å². The van der Waals surface area contributed by atoms with Crippen LogP contribution in [0.25, 0.3) is 0 Å². The predicted molar refractivity (Wildman–Crippen MR) is 86.0 cm³/mol. The number of thioether (sulfide) groups is 1. The fraction of sp³-hybridized carbons (Fsp3) is 0.286. The Morgan fingerprint density at radius 1 is 1.48 bits per heavy atom. The van der Waals surface area contributed by atoms with Crippen LogP contribution in [0.15, 0.2) is 28.2 Å². The van der Waals surface area contributed by atoms with Crippen molar-refractivity contribution in [2.24, 2.45) is 0 Å². The van der Waals surface area contributed by atoms with Gasteiger partial charge < -0.3 is 15.4 Å². The summed E-state index contributed by atoms with van der Waals surface area (Å²) in [5.41, 5.74) is -0.401. The van der Waals surface area contributed by atoms with Crippen LogP contribution in [0.5, 0.6) is 0 Å². The van der Waals surface area contributed by atoms with Crippen molar-refractivity contribution in [3.8, 4) is 0 Å². The largest absolute Gasteiger partial charge is 0.394 e. The zero-order valence-electron chi connectivity index (χ0n) is 12.1. The van der Waals surface area contributed by atoms with Gasteiger partial charge in [-0.15, -0.1) is 0 Å². The molecule has 124 valence electrons. The summed E-state index contributed by atoms with van der Waals surface area (Å²) < 4.78 is 26.8. The highest BCUT2D eigenvalue weighted by molar-refractivity contribution is 7.98. The molecule has 0 saturated carbocycles. The van der Waals surface area contributed by atoms with Crippen molar-refractivity contribution < 1.29 is 13.9 Å². The van der Waals surface area contributed by atoms with Gasteiger partial charge in [-0.2, -0.15) is 0 Å². The fourth-order valence-electron chi connectivity index (χ4n) is 1.69. The van der Waals surface area contributed by atoms with E-state index in [1.165, 1.54) is 12.1 Å². The molecule has 0 fully saturated rings. The van der Waals surface area contributed by atoms with Gasteiger partial charge in [0.15, 0.2) is 22.6 Å². The number of aromatic nitrogens is 2. The number of aliphatic hydroxyl groups excluding tert-OH is 1. The van der Waals surface area contributed by atoms with Crippen LogP contribution in [0.4, 0.5) is 14.6 Å². The number of hydrogen-bond acceptors (Lipinski definition) is 5. The van der Waals surface area contributed by atoms with Gasteiger partial charge in [0.1, 0.15) is 5.02 Å². The van der Waals surface area contributed by atoms with Crippen molar-refractivity contribution >= 4 is 29.2 Å². The number of anilines is 1. The van der Waals surface area contributed by atoms with Gasteiger partial charge in [0.2, 0.25) is 0 Å². The first-order valence-electron chi connectivity index (χ1n) is 6.65. The first-order chi connectivity index (χ1) is 10.9. The summed E-state index contributed by atoms with van der Waals surface area (Å²) in [5, 5.41) is 11.9. The second-order valence-electron chi connectivity index (χ2n) is 4.76. The Bertz CT molecular complexity index is 757. The predicted octanol–water partition coefficient (Wildman–Crippen LogP) is 2.79. The Labute approximate surface area is 140 Å². The van der Waals surface area contributed by atoms with Crippen molar-refractivity contribution in [3.05, 3.63) is 50.8 Å². The van der Waals surface area contributed by atoms with Gasteiger partial charge >= 0.3 is 0 Å². The van der Waals surface area contributed by atoms with Crippen LogP contribution >= 0.6 is 23.4 Å². The van der Waals surface area contributed by atoms with Crippen LogP contribution in [0, 0.1) is 11.6 Å². The second-order valence-corrected chi connectivity index (χ2v) is 6.11. The van der Waals surface area contributed by atoms with Crippen LogP contribution in [-0.2, 0) is 5.75 Å². The zero-order valence-corrected chi connectivity index (χ0v) is 13.6. The minimum Gasteiger partial charge on any atom is -0.394 e. The van der Waals surface area contributed by atoms with Crippen molar-refractivity contribution in [1.82, 2.24) is 9.97 Å². The molecular formula is C14H14ClF2N3O2S. The molecule has 3 N–H and O–H groups in total. The minimum atomic E-state index is -0.931. The summed E-state index contributed by atoms with van der Waals surface area (Å²) in [6, 6.07) is 3.54. The molecule has 9 heteroatoms. The number of nitrogens with zero attached hydrogens (tertiary/aromatic N) is 1. The van der Waals surface area contributed by atoms with E-state index in [0.717, 1.165) is 17.8 Å². The highest BCUT2D eigenvalue weighted by atomic mass is 35.5. The highest BCUT2D eigenvalue weighted by Crippen LogP contribution is 2.24. The molecule has 2 aromatic rings. The lowest BCUT2D eigenvalue weighted by atomic mass is 10.2. The van der Waals surface area contributed by atoms with Crippen molar-refractivity contribution in [2.75, 3.05) is 11.9 Å². The van der Waals surface area contributed by atoms with E-state index >= 15 is 0 Å². The maximum absolute atomic E-state index is 13.6. The quantitative estimate of drug-likeness (QED) is 0.544. The average molecular weight is 362 g/mol. The molecule has 0 aliphatic heterocycles. The van der Waals surface area contributed by atoms with Crippen molar-refractivity contribution in [2.45, 2.75) is 23.9 Å². The summed E-state index contributed by atoms with van der Waals surface area (Å²) >= 11 is 6.89. The van der Waals surface area contributed by atoms with E-state index in [2.05, 4.69) is 15.3 Å². The maximum Gasteiger partial charge on any atom is 0.272 e. The molecule has 0 bridgehead atoms. The third-order valence-electron chi connectivity index (χ3n) is 2.89. The minimum absolute atomic E-state index is 0.0865. The summed E-state index contributed by atoms with van der Waals surface area (Å²) in [6.45, 7) is 1.52. The molecule has 1 aromatic heterocycles. The van der Waals surface area contributed by atoms with Gasteiger partial charge in [0, 0.05) is 17.4 Å². The van der Waals surface area contributed by atoms with Gasteiger partial charge in [0.05, 0.1) is 6.61 Å². The highest BCUT2D eigenvalue weighted by Gasteiger charge is 2.13. The Kier molecular flexibility index (Phi) is 5.97. The summed E-state index contributed by atoms with van der Waals surface area (Å²) in [6.07, 6.45) is 0. The number of H-pyrrole nitrogens is 1. The summed E-state index contributed by atoms with van der Waals surface area (Å²) in [5.74, 6) is -1.65. The lowest BCUT2D eigenvalue weighted by Gasteiger charge is -2.13. The smallest absolute Gasteiger partial charge is 0.272 e. The number of nitrogens with one attached hydrogen (secondary N) is 2. The van der Waals surface area contributed by atoms with Crippen molar-refractivity contribution in [1.29, 1.82) is 0 Å². The molecule has 0 radical (unpaired) electrons. The van der Waals surface area contributed by atoms with E-state index in [9.17, 15) is 13.6 Å². The SMILES string of the molecule is C[C@H](CO)Nc1nc(SCc2cccc(F)c2F)[nH]c(=O)c1Cl. The van der Waals surface area contributed by atoms with E-state index in [-0.39, 0.29) is 40.0 Å². The first kappa shape index (κ1) is 17.7. The lowest BCUT2D eigenvalue weighted by Crippen LogP contribution is -2.23. The molecule has 0 aliphatic rings. The monoisotopic (exact) mass is 361 g/mol. The van der Waals surface area contributed by atoms with Gasteiger partial charge in [-0.1, -0.05) is 35.5 Å². The molecule has 2 rings (SSSR count). The molecular weight excluding hydrogens is 348 g/mol. The molecule has 23 heavy (non-hydrogen) atoms. The van der Waals surface area contributed by atoms with E-state index < -0.39 is 17.2 Å². The van der Waals surface area contributed by atoms with Gasteiger partial charge in [-0.05, 0) is 13.0 Å². The third kappa shape index (κ3) is 4.43. The molecule has 0 spiro atoms. The molecule has 1 atom stereocenters. The molecule has 0 aliphatic carbocycles. The average Bonchev–Trinajstić information content (AvgIpc) is 2.53. The van der Waals surface area contributed by atoms with E-state index in [1.54, 1.807) is 6.92 Å². The van der Waals surface area contributed by atoms with Gasteiger partial charge in [0.25, 0.3) is 5.56 Å². The van der Waals surface area contributed by atoms with Crippen LogP contribution < -0.4 is 10.9 Å². The van der Waals surface area contributed by atoms with Gasteiger partial charge in [-0.25, -0.2) is 13.8 Å². The Balaban J connectivity index is 2.20. The van der Waals surface area contributed by atoms with Crippen LogP contribution in [-0.4, -0.2) is 27.7 Å². The topological polar surface area (TPSA) is 78.0 Å². The lowest BCUT2D eigenvalue weighted by molar-refractivity contribution is 0.281. The zero-order chi connectivity index (χ0) is 17.0. The number of rotatable bonds is 6.